The van der Waals surface area contributed by atoms with Crippen LogP contribution in [-0.4, -0.2) is 54.4 Å². The second-order valence-electron chi connectivity index (χ2n) is 6.56. The Balaban J connectivity index is 1.90. The van der Waals surface area contributed by atoms with Crippen LogP contribution in [0.15, 0.2) is 0 Å². The van der Waals surface area contributed by atoms with E-state index < -0.39 is 11.9 Å². The fourth-order valence-electron chi connectivity index (χ4n) is 3.29. The van der Waals surface area contributed by atoms with Crippen LogP contribution < -0.4 is 5.32 Å². The molecule has 1 heterocycles. The van der Waals surface area contributed by atoms with Gasteiger partial charge in [-0.1, -0.05) is 6.92 Å². The Bertz CT molecular complexity index is 397. The summed E-state index contributed by atoms with van der Waals surface area (Å²) in [6.07, 6.45) is 2.99. The van der Waals surface area contributed by atoms with E-state index in [1.54, 1.807) is 12.0 Å². The van der Waals surface area contributed by atoms with Crippen LogP contribution in [-0.2, 0) is 9.53 Å². The van der Waals surface area contributed by atoms with Crippen LogP contribution in [0.2, 0.25) is 0 Å². The van der Waals surface area contributed by atoms with Crippen LogP contribution in [0.25, 0.3) is 0 Å². The Morgan fingerprint density at radius 3 is 2.52 bits per heavy atom. The molecule has 0 aromatic heterocycles. The summed E-state index contributed by atoms with van der Waals surface area (Å²) in [5.74, 6) is -0.531. The number of carboxylic acids is 1. The SMILES string of the molecule is COC(C1CC1)C(C)NC(=O)N1CC(C)CC(C(=O)O)C1. The lowest BCUT2D eigenvalue weighted by Crippen LogP contribution is -2.53. The molecule has 6 nitrogen and oxygen atoms in total. The number of amides is 2. The summed E-state index contributed by atoms with van der Waals surface area (Å²) in [7, 11) is 1.68. The van der Waals surface area contributed by atoms with Crippen molar-refractivity contribution in [2.45, 2.75) is 45.3 Å². The first-order chi connectivity index (χ1) is 9.92. The van der Waals surface area contributed by atoms with E-state index in [9.17, 15) is 9.59 Å². The summed E-state index contributed by atoms with van der Waals surface area (Å²) in [4.78, 5) is 25.1. The maximum atomic E-state index is 12.4. The van der Waals surface area contributed by atoms with Gasteiger partial charge in [0.2, 0.25) is 0 Å². The largest absolute Gasteiger partial charge is 0.481 e. The van der Waals surface area contributed by atoms with Gasteiger partial charge in [0, 0.05) is 20.2 Å². The summed E-state index contributed by atoms with van der Waals surface area (Å²) >= 11 is 0. The molecule has 1 aliphatic heterocycles. The predicted octanol–water partition coefficient (Wildman–Crippen LogP) is 1.55. The van der Waals surface area contributed by atoms with Crippen molar-refractivity contribution in [3.63, 3.8) is 0 Å². The number of nitrogens with zero attached hydrogens (tertiary/aromatic N) is 1. The van der Waals surface area contributed by atoms with Gasteiger partial charge in [-0.2, -0.15) is 0 Å². The van der Waals surface area contributed by atoms with Crippen molar-refractivity contribution in [2.24, 2.45) is 17.8 Å². The van der Waals surface area contributed by atoms with Gasteiger partial charge >= 0.3 is 12.0 Å². The van der Waals surface area contributed by atoms with Crippen LogP contribution in [0.5, 0.6) is 0 Å². The first kappa shape index (κ1) is 16.1. The molecule has 0 aromatic carbocycles. The Hall–Kier alpha value is -1.30. The molecule has 1 aliphatic carbocycles. The Kier molecular flexibility index (Phi) is 5.08. The maximum absolute atomic E-state index is 12.4. The van der Waals surface area contributed by atoms with Crippen molar-refractivity contribution in [3.05, 3.63) is 0 Å². The lowest BCUT2D eigenvalue weighted by Gasteiger charge is -2.36. The maximum Gasteiger partial charge on any atom is 0.317 e. The zero-order valence-corrected chi connectivity index (χ0v) is 13.0. The summed E-state index contributed by atoms with van der Waals surface area (Å²) in [5.41, 5.74) is 0. The number of urea groups is 1. The van der Waals surface area contributed by atoms with Gasteiger partial charge in [-0.25, -0.2) is 4.79 Å². The number of likely N-dealkylation sites (tertiary alicyclic amines) is 1. The highest BCUT2D eigenvalue weighted by atomic mass is 16.5. The molecule has 6 heteroatoms. The van der Waals surface area contributed by atoms with Crippen LogP contribution in [0.4, 0.5) is 4.79 Å². The van der Waals surface area contributed by atoms with Gasteiger partial charge in [-0.3, -0.25) is 4.79 Å². The topological polar surface area (TPSA) is 78.9 Å². The third kappa shape index (κ3) is 4.09. The summed E-state index contributed by atoms with van der Waals surface area (Å²) in [5, 5.41) is 12.1. The second-order valence-corrected chi connectivity index (χ2v) is 6.56. The predicted molar refractivity (Wildman–Crippen MR) is 78.0 cm³/mol. The van der Waals surface area contributed by atoms with Gasteiger partial charge in [0.05, 0.1) is 18.1 Å². The van der Waals surface area contributed by atoms with E-state index in [0.29, 0.717) is 25.4 Å². The van der Waals surface area contributed by atoms with E-state index in [0.717, 1.165) is 12.8 Å². The number of aliphatic carboxylic acids is 1. The number of methoxy groups -OCH3 is 1. The van der Waals surface area contributed by atoms with Crippen LogP contribution in [0.1, 0.15) is 33.1 Å². The average Bonchev–Trinajstić information content (AvgIpc) is 3.23. The van der Waals surface area contributed by atoms with Crippen LogP contribution in [0, 0.1) is 17.8 Å². The second kappa shape index (κ2) is 6.64. The molecule has 2 amide bonds. The lowest BCUT2D eigenvalue weighted by molar-refractivity contribution is -0.143. The van der Waals surface area contributed by atoms with E-state index in [1.807, 2.05) is 13.8 Å². The van der Waals surface area contributed by atoms with Gasteiger partial charge in [0.15, 0.2) is 0 Å². The quantitative estimate of drug-likeness (QED) is 0.807. The van der Waals surface area contributed by atoms with Crippen molar-refractivity contribution < 1.29 is 19.4 Å². The van der Waals surface area contributed by atoms with E-state index >= 15 is 0 Å². The van der Waals surface area contributed by atoms with Crippen molar-refractivity contribution in [2.75, 3.05) is 20.2 Å². The molecule has 0 aromatic rings. The van der Waals surface area contributed by atoms with Crippen molar-refractivity contribution in [3.8, 4) is 0 Å². The van der Waals surface area contributed by atoms with Crippen molar-refractivity contribution >= 4 is 12.0 Å². The highest BCUT2D eigenvalue weighted by Gasteiger charge is 2.37. The molecular weight excluding hydrogens is 272 g/mol. The van der Waals surface area contributed by atoms with Gasteiger partial charge < -0.3 is 20.1 Å². The number of carbonyl (C=O) groups excluding carboxylic acids is 1. The van der Waals surface area contributed by atoms with Gasteiger partial charge in [-0.15, -0.1) is 0 Å². The fraction of sp³-hybridized carbons (Fsp3) is 0.867. The molecule has 4 atom stereocenters. The van der Waals surface area contributed by atoms with Gasteiger partial charge in [0.25, 0.3) is 0 Å². The number of hydrogen-bond acceptors (Lipinski definition) is 3. The van der Waals surface area contributed by atoms with E-state index in [4.69, 9.17) is 9.84 Å². The van der Waals surface area contributed by atoms with Crippen molar-refractivity contribution in [1.29, 1.82) is 0 Å². The summed E-state index contributed by atoms with van der Waals surface area (Å²) in [6, 6.07) is -0.237. The summed E-state index contributed by atoms with van der Waals surface area (Å²) < 4.78 is 5.48. The monoisotopic (exact) mass is 298 g/mol. The molecule has 21 heavy (non-hydrogen) atoms. The highest BCUT2D eigenvalue weighted by Crippen LogP contribution is 2.35. The van der Waals surface area contributed by atoms with Gasteiger partial charge in [0.1, 0.15) is 0 Å². The van der Waals surface area contributed by atoms with Crippen LogP contribution in [0.3, 0.4) is 0 Å². The number of hydrogen-bond donors (Lipinski definition) is 2. The lowest BCUT2D eigenvalue weighted by atomic mass is 9.91. The molecule has 0 spiro atoms. The molecule has 1 saturated carbocycles. The molecule has 1 saturated heterocycles. The zero-order chi connectivity index (χ0) is 15.6. The number of carbonyl (C=O) groups is 2. The molecule has 120 valence electrons. The van der Waals surface area contributed by atoms with E-state index in [1.165, 1.54) is 0 Å². The van der Waals surface area contributed by atoms with Crippen LogP contribution >= 0.6 is 0 Å². The minimum Gasteiger partial charge on any atom is -0.481 e. The van der Waals surface area contributed by atoms with E-state index in [2.05, 4.69) is 5.32 Å². The Morgan fingerprint density at radius 1 is 1.33 bits per heavy atom. The smallest absolute Gasteiger partial charge is 0.317 e. The van der Waals surface area contributed by atoms with Gasteiger partial charge in [-0.05, 0) is 38.0 Å². The molecule has 2 rings (SSSR count). The number of rotatable bonds is 5. The highest BCUT2D eigenvalue weighted by molar-refractivity contribution is 5.76. The minimum atomic E-state index is -0.819. The number of ether oxygens (including phenoxy) is 1. The molecule has 2 N–H and O–H groups in total. The first-order valence-corrected chi connectivity index (χ1v) is 7.73. The fourth-order valence-corrected chi connectivity index (χ4v) is 3.29. The normalized spacial score (nSPS) is 28.8. The number of piperidine rings is 1. The summed E-state index contributed by atoms with van der Waals surface area (Å²) in [6.45, 7) is 4.84. The molecule has 2 fully saturated rings. The minimum absolute atomic E-state index is 0.0476. The third-order valence-electron chi connectivity index (χ3n) is 4.50. The van der Waals surface area contributed by atoms with E-state index in [-0.39, 0.29) is 24.1 Å². The molecule has 4 unspecified atom stereocenters. The molecule has 0 radical (unpaired) electrons. The molecular formula is C15H26N2O4. The molecule has 0 bridgehead atoms. The zero-order valence-electron chi connectivity index (χ0n) is 13.0. The first-order valence-electron chi connectivity index (χ1n) is 7.73. The third-order valence-corrected chi connectivity index (χ3v) is 4.50. The van der Waals surface area contributed by atoms with Crippen molar-refractivity contribution in [1.82, 2.24) is 10.2 Å². The molecule has 2 aliphatic rings. The average molecular weight is 298 g/mol. The Labute approximate surface area is 125 Å². The number of nitrogens with one attached hydrogen (secondary N) is 1. The standard InChI is InChI=1S/C15H26N2O4/c1-9-6-12(14(18)19)8-17(7-9)15(20)16-10(2)13(21-3)11-4-5-11/h9-13H,4-8H2,1-3H3,(H,16,20)(H,18,19). The Morgan fingerprint density at radius 2 is 2.00 bits per heavy atom. The number of carboxylic acid groups (broad SMARTS) is 1.